The summed E-state index contributed by atoms with van der Waals surface area (Å²) >= 11 is 2.04. The molecule has 0 aliphatic rings. The van der Waals surface area contributed by atoms with Crippen LogP contribution < -0.4 is 24.4 Å². The Morgan fingerprint density at radius 1 is 0.912 bits per heavy atom. The van der Waals surface area contributed by atoms with E-state index in [2.05, 4.69) is 10.5 Å². The Labute approximate surface area is 211 Å². The molecule has 1 amide bonds. The topological polar surface area (TPSA) is 95.5 Å². The number of esters is 1. The number of aryl methyl sites for hydroxylation is 1. The molecular formula is C25H23IN2O6. The first kappa shape index (κ1) is 25.0. The molecule has 176 valence electrons. The SMILES string of the molecule is COc1ccc(C(=O)Oc2c(I)cc(/C=N\NC(=O)c3ccc(C)cc3OC)cc2OC)cc1. The Morgan fingerprint density at radius 2 is 1.62 bits per heavy atom. The van der Waals surface area contributed by atoms with Crippen molar-refractivity contribution < 1.29 is 28.5 Å². The number of carbonyl (C=O) groups excluding carboxylic acids is 2. The number of hydrazone groups is 1. The van der Waals surface area contributed by atoms with Gasteiger partial charge in [0.25, 0.3) is 5.91 Å². The number of hydrogen-bond donors (Lipinski definition) is 1. The monoisotopic (exact) mass is 574 g/mol. The van der Waals surface area contributed by atoms with Crippen LogP contribution in [0.3, 0.4) is 0 Å². The van der Waals surface area contributed by atoms with E-state index in [-0.39, 0.29) is 5.75 Å². The van der Waals surface area contributed by atoms with Crippen molar-refractivity contribution in [1.82, 2.24) is 5.43 Å². The van der Waals surface area contributed by atoms with E-state index >= 15 is 0 Å². The van der Waals surface area contributed by atoms with Gasteiger partial charge in [-0.05, 0) is 89.2 Å². The number of rotatable bonds is 8. The molecule has 0 saturated carbocycles. The highest BCUT2D eigenvalue weighted by Gasteiger charge is 2.17. The summed E-state index contributed by atoms with van der Waals surface area (Å²) in [5.74, 6) is 0.808. The van der Waals surface area contributed by atoms with Gasteiger partial charge in [-0.25, -0.2) is 10.2 Å². The van der Waals surface area contributed by atoms with Crippen molar-refractivity contribution in [2.75, 3.05) is 21.3 Å². The molecule has 0 unspecified atom stereocenters. The summed E-state index contributed by atoms with van der Waals surface area (Å²) in [6.07, 6.45) is 1.47. The van der Waals surface area contributed by atoms with Gasteiger partial charge in [0.05, 0.1) is 42.2 Å². The number of nitrogens with zero attached hydrogens (tertiary/aromatic N) is 1. The quantitative estimate of drug-likeness (QED) is 0.139. The molecule has 0 aliphatic carbocycles. The molecule has 34 heavy (non-hydrogen) atoms. The molecule has 0 saturated heterocycles. The van der Waals surface area contributed by atoms with Gasteiger partial charge in [-0.2, -0.15) is 5.10 Å². The van der Waals surface area contributed by atoms with Crippen LogP contribution in [0.4, 0.5) is 0 Å². The molecule has 0 fully saturated rings. The second-order valence-corrected chi connectivity index (χ2v) is 8.22. The van der Waals surface area contributed by atoms with Crippen LogP contribution in [0.15, 0.2) is 59.7 Å². The number of carbonyl (C=O) groups is 2. The van der Waals surface area contributed by atoms with Crippen LogP contribution in [-0.4, -0.2) is 39.4 Å². The highest BCUT2D eigenvalue weighted by molar-refractivity contribution is 14.1. The average Bonchev–Trinajstić information content (AvgIpc) is 2.85. The normalized spacial score (nSPS) is 10.6. The zero-order chi connectivity index (χ0) is 24.7. The van der Waals surface area contributed by atoms with Crippen LogP contribution >= 0.6 is 22.6 Å². The van der Waals surface area contributed by atoms with Gasteiger partial charge in [0, 0.05) is 0 Å². The fourth-order valence-electron chi connectivity index (χ4n) is 3.00. The summed E-state index contributed by atoms with van der Waals surface area (Å²) in [7, 11) is 4.53. The number of nitrogens with one attached hydrogen (secondary N) is 1. The Balaban J connectivity index is 1.74. The number of ether oxygens (including phenoxy) is 4. The van der Waals surface area contributed by atoms with Gasteiger partial charge >= 0.3 is 5.97 Å². The molecule has 9 heteroatoms. The number of benzene rings is 3. The lowest BCUT2D eigenvalue weighted by Gasteiger charge is -2.12. The number of halogens is 1. The maximum atomic E-state index is 12.6. The van der Waals surface area contributed by atoms with Crippen molar-refractivity contribution in [3.8, 4) is 23.0 Å². The first-order valence-electron chi connectivity index (χ1n) is 10.1. The minimum atomic E-state index is -0.528. The van der Waals surface area contributed by atoms with Gasteiger partial charge < -0.3 is 18.9 Å². The minimum absolute atomic E-state index is 0.287. The third-order valence-electron chi connectivity index (χ3n) is 4.75. The van der Waals surface area contributed by atoms with E-state index in [0.717, 1.165) is 5.56 Å². The van der Waals surface area contributed by atoms with Crippen LogP contribution in [0.2, 0.25) is 0 Å². The summed E-state index contributed by atoms with van der Waals surface area (Å²) in [6, 6.07) is 15.3. The maximum absolute atomic E-state index is 12.6. The molecule has 3 aromatic carbocycles. The van der Waals surface area contributed by atoms with Crippen LogP contribution in [0.1, 0.15) is 31.8 Å². The Kier molecular flexibility index (Phi) is 8.47. The fourth-order valence-corrected chi connectivity index (χ4v) is 3.74. The molecule has 0 bridgehead atoms. The molecule has 0 heterocycles. The Hall–Kier alpha value is -3.60. The third kappa shape index (κ3) is 6.04. The minimum Gasteiger partial charge on any atom is -0.497 e. The molecule has 3 rings (SSSR count). The molecule has 0 aliphatic heterocycles. The summed E-state index contributed by atoms with van der Waals surface area (Å²) in [5.41, 5.74) is 4.85. The zero-order valence-electron chi connectivity index (χ0n) is 19.0. The zero-order valence-corrected chi connectivity index (χ0v) is 21.2. The number of hydrogen-bond acceptors (Lipinski definition) is 7. The molecule has 0 aromatic heterocycles. The number of amides is 1. The van der Waals surface area contributed by atoms with Crippen molar-refractivity contribution in [3.05, 3.63) is 80.4 Å². The van der Waals surface area contributed by atoms with Crippen molar-refractivity contribution in [2.24, 2.45) is 5.10 Å². The van der Waals surface area contributed by atoms with Crippen molar-refractivity contribution in [1.29, 1.82) is 0 Å². The molecule has 0 spiro atoms. The predicted octanol–water partition coefficient (Wildman–Crippen LogP) is 4.61. The lowest BCUT2D eigenvalue weighted by molar-refractivity contribution is 0.0728. The first-order valence-corrected chi connectivity index (χ1v) is 11.2. The Morgan fingerprint density at radius 3 is 2.26 bits per heavy atom. The smallest absolute Gasteiger partial charge is 0.343 e. The van der Waals surface area contributed by atoms with E-state index in [1.807, 2.05) is 35.6 Å². The summed E-state index contributed by atoms with van der Waals surface area (Å²) in [4.78, 5) is 25.0. The fraction of sp³-hybridized carbons (Fsp3) is 0.160. The molecule has 3 aromatic rings. The summed E-state index contributed by atoms with van der Waals surface area (Å²) in [6.45, 7) is 1.91. The predicted molar refractivity (Wildman–Crippen MR) is 136 cm³/mol. The van der Waals surface area contributed by atoms with Gasteiger partial charge in [0.2, 0.25) is 0 Å². The second-order valence-electron chi connectivity index (χ2n) is 7.05. The third-order valence-corrected chi connectivity index (χ3v) is 5.55. The van der Waals surface area contributed by atoms with Gasteiger partial charge in [0.1, 0.15) is 11.5 Å². The van der Waals surface area contributed by atoms with Crippen LogP contribution in [0, 0.1) is 10.5 Å². The van der Waals surface area contributed by atoms with Gasteiger partial charge in [-0.1, -0.05) is 6.07 Å². The van der Waals surface area contributed by atoms with Gasteiger partial charge in [-0.15, -0.1) is 0 Å². The molecule has 0 atom stereocenters. The lowest BCUT2D eigenvalue weighted by atomic mass is 10.1. The molecule has 0 radical (unpaired) electrons. The van der Waals surface area contributed by atoms with E-state index in [4.69, 9.17) is 18.9 Å². The second kappa shape index (κ2) is 11.5. The lowest BCUT2D eigenvalue weighted by Crippen LogP contribution is -2.18. The van der Waals surface area contributed by atoms with Crippen molar-refractivity contribution in [3.63, 3.8) is 0 Å². The maximum Gasteiger partial charge on any atom is 0.343 e. The van der Waals surface area contributed by atoms with Crippen molar-refractivity contribution in [2.45, 2.75) is 6.92 Å². The van der Waals surface area contributed by atoms with E-state index in [1.54, 1.807) is 55.6 Å². The highest BCUT2D eigenvalue weighted by Crippen LogP contribution is 2.34. The van der Waals surface area contributed by atoms with E-state index in [1.165, 1.54) is 20.4 Å². The van der Waals surface area contributed by atoms with Crippen LogP contribution in [0.5, 0.6) is 23.0 Å². The van der Waals surface area contributed by atoms with E-state index in [0.29, 0.717) is 37.5 Å². The highest BCUT2D eigenvalue weighted by atomic mass is 127. The summed E-state index contributed by atoms with van der Waals surface area (Å²) < 4.78 is 22.0. The van der Waals surface area contributed by atoms with Gasteiger partial charge in [0.15, 0.2) is 11.5 Å². The Bertz CT molecular complexity index is 1220. The van der Waals surface area contributed by atoms with E-state index in [9.17, 15) is 9.59 Å². The van der Waals surface area contributed by atoms with Crippen molar-refractivity contribution >= 4 is 40.7 Å². The standard InChI is InChI=1S/C25H23IN2O6/c1-15-5-10-19(21(11-15)32-3)24(29)28-27-14-16-12-20(26)23(22(13-16)33-4)34-25(30)17-6-8-18(31-2)9-7-17/h5-14H,1-4H3,(H,28,29)/b27-14-. The first-order chi connectivity index (χ1) is 16.4. The molecule has 1 N–H and O–H groups in total. The number of methoxy groups -OCH3 is 3. The largest absolute Gasteiger partial charge is 0.497 e. The summed E-state index contributed by atoms with van der Waals surface area (Å²) in [5, 5.41) is 4.03. The van der Waals surface area contributed by atoms with Crippen LogP contribution in [-0.2, 0) is 0 Å². The van der Waals surface area contributed by atoms with Crippen LogP contribution in [0.25, 0.3) is 0 Å². The molecular weight excluding hydrogens is 551 g/mol. The van der Waals surface area contributed by atoms with Gasteiger partial charge in [-0.3, -0.25) is 4.79 Å². The average molecular weight is 574 g/mol. The molecule has 8 nitrogen and oxygen atoms in total. The van der Waals surface area contributed by atoms with E-state index < -0.39 is 11.9 Å².